The van der Waals surface area contributed by atoms with Gasteiger partial charge in [0.05, 0.1) is 6.61 Å². The van der Waals surface area contributed by atoms with Gasteiger partial charge in [-0.2, -0.15) is 18.3 Å². The molecule has 0 radical (unpaired) electrons. The Kier molecular flexibility index (Phi) is 4.08. The highest BCUT2D eigenvalue weighted by Crippen LogP contribution is 2.38. The summed E-state index contributed by atoms with van der Waals surface area (Å²) in [4.78, 5) is 11.2. The number of aryl methyl sites for hydroxylation is 1. The third-order valence-electron chi connectivity index (χ3n) is 3.97. The average molecular weight is 340 g/mol. The number of carboxylic acids is 1. The second-order valence-electron chi connectivity index (χ2n) is 5.50. The molecule has 0 fully saturated rings. The number of halogens is 3. The number of rotatable bonds is 3. The summed E-state index contributed by atoms with van der Waals surface area (Å²) < 4.78 is 46.1. The largest absolute Gasteiger partial charge is 0.479 e. The Hall–Kier alpha value is -2.35. The van der Waals surface area contributed by atoms with Gasteiger partial charge in [-0.25, -0.2) is 4.79 Å². The summed E-state index contributed by atoms with van der Waals surface area (Å²) in [5.74, 6) is -1.11. The normalized spacial score (nSPS) is 17.6. The van der Waals surface area contributed by atoms with E-state index in [1.807, 2.05) is 0 Å². The Morgan fingerprint density at radius 2 is 2.21 bits per heavy atom. The lowest BCUT2D eigenvalue weighted by atomic mass is 9.93. The number of carbonyl (C=O) groups is 1. The maximum absolute atomic E-state index is 13.2. The van der Waals surface area contributed by atoms with E-state index in [1.54, 1.807) is 13.0 Å². The van der Waals surface area contributed by atoms with Gasteiger partial charge in [0.1, 0.15) is 0 Å². The van der Waals surface area contributed by atoms with E-state index in [0.29, 0.717) is 29.7 Å². The van der Waals surface area contributed by atoms with Crippen LogP contribution in [0.5, 0.6) is 0 Å². The minimum Gasteiger partial charge on any atom is -0.479 e. The Morgan fingerprint density at radius 1 is 1.46 bits per heavy atom. The topological polar surface area (TPSA) is 64.3 Å². The van der Waals surface area contributed by atoms with Gasteiger partial charge < -0.3 is 9.84 Å². The number of hydrogen-bond donors (Lipinski definition) is 1. The number of nitrogens with zero attached hydrogens (tertiary/aromatic N) is 2. The van der Waals surface area contributed by atoms with E-state index in [0.717, 1.165) is 0 Å². The van der Waals surface area contributed by atoms with E-state index in [9.17, 15) is 23.1 Å². The predicted molar refractivity (Wildman–Crippen MR) is 78.4 cm³/mol. The van der Waals surface area contributed by atoms with Gasteiger partial charge in [-0.1, -0.05) is 18.2 Å². The molecule has 8 heteroatoms. The molecule has 0 saturated heterocycles. The van der Waals surface area contributed by atoms with Gasteiger partial charge in [0.15, 0.2) is 11.8 Å². The molecule has 1 atom stereocenters. The summed E-state index contributed by atoms with van der Waals surface area (Å²) in [5, 5.41) is 12.8. The van der Waals surface area contributed by atoms with Crippen molar-refractivity contribution in [2.75, 3.05) is 6.61 Å². The second-order valence-corrected chi connectivity index (χ2v) is 5.50. The first-order valence-electron chi connectivity index (χ1n) is 7.43. The fourth-order valence-corrected chi connectivity index (χ4v) is 2.83. The third kappa shape index (κ3) is 2.89. The quantitative estimate of drug-likeness (QED) is 0.931. The smallest absolute Gasteiger partial charge is 0.435 e. The van der Waals surface area contributed by atoms with Crippen LogP contribution in [0.2, 0.25) is 0 Å². The Balaban J connectivity index is 2.09. The predicted octanol–water partition coefficient (Wildman–Crippen LogP) is 3.29. The zero-order chi connectivity index (χ0) is 17.5. The van der Waals surface area contributed by atoms with E-state index in [1.165, 1.54) is 23.0 Å². The molecule has 1 aliphatic rings. The first kappa shape index (κ1) is 16.5. The van der Waals surface area contributed by atoms with Crippen molar-refractivity contribution >= 4 is 5.97 Å². The van der Waals surface area contributed by atoms with Crippen molar-refractivity contribution in [3.05, 3.63) is 41.2 Å². The molecule has 1 aromatic carbocycles. The lowest BCUT2D eigenvalue weighted by Gasteiger charge is -2.23. The van der Waals surface area contributed by atoms with Crippen molar-refractivity contribution in [2.24, 2.45) is 0 Å². The van der Waals surface area contributed by atoms with Crippen LogP contribution >= 0.6 is 0 Å². The first-order chi connectivity index (χ1) is 11.3. The molecule has 3 rings (SSSR count). The van der Waals surface area contributed by atoms with Crippen molar-refractivity contribution in [1.82, 2.24) is 9.78 Å². The molecule has 24 heavy (non-hydrogen) atoms. The number of alkyl halides is 3. The number of benzene rings is 1. The van der Waals surface area contributed by atoms with Crippen LogP contribution in [-0.4, -0.2) is 27.5 Å². The first-order valence-corrected chi connectivity index (χ1v) is 7.43. The van der Waals surface area contributed by atoms with Gasteiger partial charge in [0.2, 0.25) is 0 Å². The minimum absolute atomic E-state index is 0.00878. The van der Waals surface area contributed by atoms with E-state index in [2.05, 4.69) is 5.10 Å². The highest BCUT2D eigenvalue weighted by molar-refractivity contribution is 5.76. The summed E-state index contributed by atoms with van der Waals surface area (Å²) in [7, 11) is 0. The molecular weight excluding hydrogens is 325 g/mol. The van der Waals surface area contributed by atoms with Crippen LogP contribution < -0.4 is 0 Å². The lowest BCUT2D eigenvalue weighted by molar-refractivity contribution is -0.151. The minimum atomic E-state index is -4.56. The summed E-state index contributed by atoms with van der Waals surface area (Å²) >= 11 is 0. The van der Waals surface area contributed by atoms with E-state index in [4.69, 9.17) is 4.74 Å². The van der Waals surface area contributed by atoms with Gasteiger partial charge in [-0.05, 0) is 30.0 Å². The summed E-state index contributed by atoms with van der Waals surface area (Å²) in [5.41, 5.74) is 0.584. The monoisotopic (exact) mass is 340 g/mol. The Labute approximate surface area is 135 Å². The van der Waals surface area contributed by atoms with Crippen molar-refractivity contribution < 1.29 is 27.8 Å². The van der Waals surface area contributed by atoms with Crippen LogP contribution in [0.4, 0.5) is 13.2 Å². The van der Waals surface area contributed by atoms with Gasteiger partial charge in [-0.3, -0.25) is 4.68 Å². The molecule has 1 N–H and O–H groups in total. The van der Waals surface area contributed by atoms with Crippen molar-refractivity contribution in [2.45, 2.75) is 32.2 Å². The maximum atomic E-state index is 13.2. The number of fused-ring (bicyclic) bond motifs is 1. The molecule has 0 bridgehead atoms. The van der Waals surface area contributed by atoms with Gasteiger partial charge in [-0.15, -0.1) is 0 Å². The number of ether oxygens (including phenoxy) is 1. The fourth-order valence-electron chi connectivity index (χ4n) is 2.83. The summed E-state index contributed by atoms with van der Waals surface area (Å²) in [6, 6.07) is 4.60. The van der Waals surface area contributed by atoms with E-state index in [-0.39, 0.29) is 12.2 Å². The zero-order valence-electron chi connectivity index (χ0n) is 12.8. The van der Waals surface area contributed by atoms with E-state index < -0.39 is 23.9 Å². The second kappa shape index (κ2) is 5.94. The van der Waals surface area contributed by atoms with Gasteiger partial charge >= 0.3 is 12.1 Å². The number of hydrogen-bond acceptors (Lipinski definition) is 3. The van der Waals surface area contributed by atoms with Gasteiger partial charge in [0.25, 0.3) is 0 Å². The highest BCUT2D eigenvalue weighted by atomic mass is 19.4. The van der Waals surface area contributed by atoms with Crippen molar-refractivity contribution in [1.29, 1.82) is 0 Å². The molecule has 0 spiro atoms. The average Bonchev–Trinajstić information content (AvgIpc) is 2.98. The maximum Gasteiger partial charge on any atom is 0.435 e. The molecule has 1 unspecified atom stereocenters. The third-order valence-corrected chi connectivity index (χ3v) is 3.97. The molecule has 1 aliphatic heterocycles. The molecular formula is C16H15F3N2O3. The molecule has 128 valence electrons. The molecule has 2 aromatic rings. The van der Waals surface area contributed by atoms with Crippen LogP contribution in [0.3, 0.4) is 0 Å². The lowest BCUT2D eigenvalue weighted by Crippen LogP contribution is -2.23. The number of aromatic nitrogens is 2. The van der Waals surface area contributed by atoms with Crippen LogP contribution in [0.15, 0.2) is 24.4 Å². The van der Waals surface area contributed by atoms with Gasteiger partial charge in [0, 0.05) is 18.3 Å². The van der Waals surface area contributed by atoms with Crippen molar-refractivity contribution in [3.63, 3.8) is 0 Å². The van der Waals surface area contributed by atoms with E-state index >= 15 is 0 Å². The summed E-state index contributed by atoms with van der Waals surface area (Å²) in [6.07, 6.45) is -3.82. The van der Waals surface area contributed by atoms with Crippen LogP contribution in [-0.2, 0) is 28.7 Å². The summed E-state index contributed by atoms with van der Waals surface area (Å²) in [6.45, 7) is 2.25. The van der Waals surface area contributed by atoms with Crippen LogP contribution in [0.25, 0.3) is 11.1 Å². The van der Waals surface area contributed by atoms with Crippen LogP contribution in [0, 0.1) is 0 Å². The Morgan fingerprint density at radius 3 is 2.83 bits per heavy atom. The number of aliphatic carboxylic acids is 1. The standard InChI is InChI=1S/C16H15F3N2O3/c1-2-21-8-12(14(20-21)16(17,18)19)9-3-4-11-10(7-9)5-6-24-13(11)15(22)23/h3-4,7-8,13H,2,5-6H2,1H3,(H,22,23). The number of carboxylic acid groups (broad SMARTS) is 1. The zero-order valence-corrected chi connectivity index (χ0v) is 12.8. The molecule has 1 aromatic heterocycles. The molecule has 2 heterocycles. The molecule has 0 aliphatic carbocycles. The Bertz CT molecular complexity index is 783. The van der Waals surface area contributed by atoms with Crippen molar-refractivity contribution in [3.8, 4) is 11.1 Å². The molecule has 0 saturated carbocycles. The fraction of sp³-hybridized carbons (Fsp3) is 0.375. The molecule has 5 nitrogen and oxygen atoms in total. The highest BCUT2D eigenvalue weighted by Gasteiger charge is 2.38. The van der Waals surface area contributed by atoms with Crippen LogP contribution in [0.1, 0.15) is 29.8 Å². The molecule has 0 amide bonds. The SMILES string of the molecule is CCn1cc(-c2ccc3c(c2)CCOC3C(=O)O)c(C(F)(F)F)n1.